The quantitative estimate of drug-likeness (QED) is 0.676. The zero-order valence-electron chi connectivity index (χ0n) is 11.3. The van der Waals surface area contributed by atoms with Crippen molar-refractivity contribution in [2.24, 2.45) is 0 Å². The van der Waals surface area contributed by atoms with E-state index in [1.165, 1.54) is 0 Å². The van der Waals surface area contributed by atoms with Crippen molar-refractivity contribution in [3.63, 3.8) is 0 Å². The molecule has 0 aliphatic heterocycles. The Balaban J connectivity index is 2.15. The van der Waals surface area contributed by atoms with Crippen LogP contribution in [0.25, 0.3) is 0 Å². The molecule has 0 aromatic heterocycles. The van der Waals surface area contributed by atoms with Gasteiger partial charge in [-0.1, -0.05) is 49.7 Å². The zero-order chi connectivity index (χ0) is 14.3. The number of hydrogen-bond donors (Lipinski definition) is 0. The highest BCUT2D eigenvalue weighted by molar-refractivity contribution is 7.54. The average molecular weight is 289 g/mol. The van der Waals surface area contributed by atoms with Crippen molar-refractivity contribution in [1.82, 2.24) is 0 Å². The smallest absolute Gasteiger partial charge is 0.416 e. The van der Waals surface area contributed by atoms with Gasteiger partial charge >= 0.3 is 7.60 Å². The van der Waals surface area contributed by atoms with Crippen LogP contribution in [0.3, 0.4) is 0 Å². The summed E-state index contributed by atoms with van der Waals surface area (Å²) < 4.78 is 24.1. The summed E-state index contributed by atoms with van der Waals surface area (Å²) in [6, 6.07) is 18.2. The summed E-state index contributed by atoms with van der Waals surface area (Å²) in [6.45, 7) is 3.77. The molecule has 0 aliphatic rings. The third-order valence-corrected chi connectivity index (χ3v) is 4.50. The van der Waals surface area contributed by atoms with E-state index in [2.05, 4.69) is 6.92 Å². The van der Waals surface area contributed by atoms with Gasteiger partial charge in [0.25, 0.3) is 0 Å². The molecule has 0 unspecified atom stereocenters. The first-order valence-electron chi connectivity index (χ1n) is 6.59. The van der Waals surface area contributed by atoms with Gasteiger partial charge in [0.1, 0.15) is 11.5 Å². The van der Waals surface area contributed by atoms with Gasteiger partial charge in [-0.25, -0.2) is 4.57 Å². The fourth-order valence-electron chi connectivity index (χ4n) is 1.70. The van der Waals surface area contributed by atoms with Crippen LogP contribution in [0.2, 0.25) is 0 Å². The molecule has 2 aromatic rings. The molecule has 0 atom stereocenters. The lowest BCUT2D eigenvalue weighted by Gasteiger charge is -2.19. The molecule has 1 radical (unpaired) electrons. The number of benzene rings is 2. The number of rotatable bonds is 7. The summed E-state index contributed by atoms with van der Waals surface area (Å²) >= 11 is 0. The minimum absolute atomic E-state index is 0.348. The Labute approximate surface area is 120 Å². The molecule has 0 saturated heterocycles. The van der Waals surface area contributed by atoms with Gasteiger partial charge in [0.15, 0.2) is 0 Å². The normalized spacial score (nSPS) is 11.1. The van der Waals surface area contributed by atoms with E-state index in [0.717, 1.165) is 0 Å². The molecule has 4 heteroatoms. The van der Waals surface area contributed by atoms with Gasteiger partial charge in [-0.05, 0) is 30.7 Å². The van der Waals surface area contributed by atoms with Crippen molar-refractivity contribution >= 4 is 7.60 Å². The monoisotopic (exact) mass is 289 g/mol. The third-order valence-electron chi connectivity index (χ3n) is 2.66. The average Bonchev–Trinajstić information content (AvgIpc) is 2.47. The summed E-state index contributed by atoms with van der Waals surface area (Å²) in [7, 11) is -3.22. The predicted octanol–water partition coefficient (Wildman–Crippen LogP) is 4.95. The number of unbranched alkanes of at least 4 members (excludes halogenated alkanes) is 1. The van der Waals surface area contributed by atoms with Gasteiger partial charge in [-0.15, -0.1) is 0 Å². The van der Waals surface area contributed by atoms with Gasteiger partial charge < -0.3 is 9.05 Å². The Morgan fingerprint density at radius 2 is 1.30 bits per heavy atom. The minimum Gasteiger partial charge on any atom is -0.416 e. The summed E-state index contributed by atoms with van der Waals surface area (Å²) in [5.74, 6) is 1.10. The van der Waals surface area contributed by atoms with Crippen molar-refractivity contribution < 1.29 is 13.6 Å². The second-order valence-corrected chi connectivity index (χ2v) is 6.38. The van der Waals surface area contributed by atoms with Crippen molar-refractivity contribution in [1.29, 1.82) is 0 Å². The van der Waals surface area contributed by atoms with Crippen molar-refractivity contribution in [3.8, 4) is 11.5 Å². The van der Waals surface area contributed by atoms with E-state index in [-0.39, 0.29) is 0 Å². The van der Waals surface area contributed by atoms with Gasteiger partial charge in [-0.2, -0.15) is 0 Å². The highest BCUT2D eigenvalue weighted by Crippen LogP contribution is 2.49. The van der Waals surface area contributed by atoms with E-state index in [4.69, 9.17) is 9.05 Å². The maximum absolute atomic E-state index is 12.8. The lowest BCUT2D eigenvalue weighted by atomic mass is 10.3. The van der Waals surface area contributed by atoms with Crippen LogP contribution in [0, 0.1) is 6.92 Å². The third kappa shape index (κ3) is 4.43. The lowest BCUT2D eigenvalue weighted by Crippen LogP contribution is -2.05. The van der Waals surface area contributed by atoms with E-state index in [9.17, 15) is 4.57 Å². The van der Waals surface area contributed by atoms with Crippen LogP contribution in [0.1, 0.15) is 12.8 Å². The Morgan fingerprint density at radius 1 is 0.850 bits per heavy atom. The molecular formula is C16H18O3P. The van der Waals surface area contributed by atoms with E-state index in [1.54, 1.807) is 24.3 Å². The standard InChI is InChI=1S/C16H18O3P/c1-2-3-14-20(17,18-15-10-6-4-7-11-15)19-16-12-8-5-9-13-16/h4-13H,1-3,14H2. The van der Waals surface area contributed by atoms with Crippen LogP contribution in [0.5, 0.6) is 11.5 Å². The van der Waals surface area contributed by atoms with Crippen molar-refractivity contribution in [2.75, 3.05) is 6.16 Å². The second-order valence-electron chi connectivity index (χ2n) is 4.35. The van der Waals surface area contributed by atoms with E-state index in [1.807, 2.05) is 36.4 Å². The van der Waals surface area contributed by atoms with Crippen LogP contribution in [-0.2, 0) is 4.57 Å². The molecule has 0 saturated carbocycles. The van der Waals surface area contributed by atoms with Gasteiger partial charge in [0, 0.05) is 0 Å². The van der Waals surface area contributed by atoms with E-state index >= 15 is 0 Å². The first-order chi connectivity index (χ1) is 9.72. The first-order valence-corrected chi connectivity index (χ1v) is 8.32. The molecule has 0 bridgehead atoms. The maximum atomic E-state index is 12.8. The minimum atomic E-state index is -3.22. The largest absolute Gasteiger partial charge is 0.430 e. The molecule has 0 amide bonds. The van der Waals surface area contributed by atoms with Crippen LogP contribution < -0.4 is 9.05 Å². The number of hydrogen-bond acceptors (Lipinski definition) is 3. The van der Waals surface area contributed by atoms with Crippen molar-refractivity contribution in [2.45, 2.75) is 12.8 Å². The summed E-state index contributed by atoms with van der Waals surface area (Å²) in [5.41, 5.74) is 0. The Hall–Kier alpha value is -1.73. The molecule has 20 heavy (non-hydrogen) atoms. The highest BCUT2D eigenvalue weighted by atomic mass is 31.2. The topological polar surface area (TPSA) is 35.5 Å². The zero-order valence-corrected chi connectivity index (χ0v) is 12.2. The molecular weight excluding hydrogens is 271 g/mol. The Kier molecular flexibility index (Phi) is 5.25. The number of para-hydroxylation sites is 2. The first kappa shape index (κ1) is 14.7. The summed E-state index contributed by atoms with van der Waals surface area (Å²) in [4.78, 5) is 0. The van der Waals surface area contributed by atoms with Crippen LogP contribution in [-0.4, -0.2) is 6.16 Å². The molecule has 105 valence electrons. The molecule has 3 nitrogen and oxygen atoms in total. The van der Waals surface area contributed by atoms with Crippen molar-refractivity contribution in [3.05, 3.63) is 67.6 Å². The lowest BCUT2D eigenvalue weighted by molar-refractivity contribution is 0.384. The molecule has 2 rings (SSSR count). The fourth-order valence-corrected chi connectivity index (χ4v) is 3.42. The second kappa shape index (κ2) is 7.16. The molecule has 0 spiro atoms. The Morgan fingerprint density at radius 3 is 1.70 bits per heavy atom. The van der Waals surface area contributed by atoms with E-state index < -0.39 is 7.60 Å². The fraction of sp³-hybridized carbons (Fsp3) is 0.188. The molecule has 0 heterocycles. The SMILES string of the molecule is [CH2]CCCP(=O)(Oc1ccccc1)Oc1ccccc1. The van der Waals surface area contributed by atoms with Crippen LogP contribution in [0.4, 0.5) is 0 Å². The molecule has 2 aromatic carbocycles. The molecule has 0 aliphatic carbocycles. The predicted molar refractivity (Wildman–Crippen MR) is 81.2 cm³/mol. The van der Waals surface area contributed by atoms with Gasteiger partial charge in [0.05, 0.1) is 6.16 Å². The summed E-state index contributed by atoms with van der Waals surface area (Å²) in [5, 5.41) is 0. The van der Waals surface area contributed by atoms with E-state index in [0.29, 0.717) is 30.5 Å². The highest BCUT2D eigenvalue weighted by Gasteiger charge is 2.27. The van der Waals surface area contributed by atoms with Gasteiger partial charge in [0.2, 0.25) is 0 Å². The molecule has 0 N–H and O–H groups in total. The van der Waals surface area contributed by atoms with Crippen LogP contribution in [0.15, 0.2) is 60.7 Å². The summed E-state index contributed by atoms with van der Waals surface area (Å²) in [6.07, 6.45) is 1.73. The van der Waals surface area contributed by atoms with Crippen LogP contribution >= 0.6 is 7.60 Å². The Bertz CT molecular complexity index is 509. The maximum Gasteiger partial charge on any atom is 0.430 e. The molecule has 0 fully saturated rings. The van der Waals surface area contributed by atoms with Gasteiger partial charge in [-0.3, -0.25) is 0 Å².